The molecule has 2 aliphatic rings. The number of ether oxygens (including phenoxy) is 1. The summed E-state index contributed by atoms with van der Waals surface area (Å²) < 4.78 is 5.67. The topological polar surface area (TPSA) is 40.1 Å². The molecule has 1 aromatic heterocycles. The minimum atomic E-state index is -0.0225. The first-order chi connectivity index (χ1) is 14.2. The van der Waals surface area contributed by atoms with E-state index in [1.165, 1.54) is 10.6 Å². The van der Waals surface area contributed by atoms with Crippen LogP contribution in [0.1, 0.15) is 18.4 Å². The Bertz CT molecular complexity index is 818. The minimum absolute atomic E-state index is 0. The fourth-order valence-electron chi connectivity index (χ4n) is 4.36. The number of guanidine groups is 1. The molecule has 0 unspecified atom stereocenters. The van der Waals surface area contributed by atoms with Crippen molar-refractivity contribution in [2.45, 2.75) is 18.3 Å². The third-order valence-corrected chi connectivity index (χ3v) is 7.35. The fourth-order valence-corrected chi connectivity index (χ4v) is 5.49. The van der Waals surface area contributed by atoms with E-state index < -0.39 is 0 Å². The number of nitrogens with zero attached hydrogens (tertiary/aromatic N) is 3. The van der Waals surface area contributed by atoms with Crippen LogP contribution in [0.2, 0.25) is 5.02 Å². The van der Waals surface area contributed by atoms with Crippen molar-refractivity contribution in [3.8, 4) is 0 Å². The van der Waals surface area contributed by atoms with Gasteiger partial charge in [0.05, 0.1) is 5.00 Å². The lowest BCUT2D eigenvalue weighted by atomic mass is 9.74. The summed E-state index contributed by atoms with van der Waals surface area (Å²) in [5.74, 6) is 0.980. The van der Waals surface area contributed by atoms with Gasteiger partial charge in [-0.25, -0.2) is 0 Å². The second-order valence-electron chi connectivity index (χ2n) is 7.70. The Morgan fingerprint density at radius 1 is 1.13 bits per heavy atom. The highest BCUT2D eigenvalue weighted by molar-refractivity contribution is 14.0. The molecule has 0 saturated carbocycles. The Balaban J connectivity index is 0.00000256. The molecule has 3 heterocycles. The van der Waals surface area contributed by atoms with Gasteiger partial charge in [0.1, 0.15) is 0 Å². The van der Waals surface area contributed by atoms with Gasteiger partial charge < -0.3 is 19.9 Å². The highest BCUT2D eigenvalue weighted by atomic mass is 127. The highest BCUT2D eigenvalue weighted by Gasteiger charge is 2.36. The van der Waals surface area contributed by atoms with Crippen molar-refractivity contribution in [1.29, 1.82) is 0 Å². The molecule has 0 spiro atoms. The van der Waals surface area contributed by atoms with Crippen LogP contribution in [0, 0.1) is 0 Å². The van der Waals surface area contributed by atoms with Gasteiger partial charge >= 0.3 is 0 Å². The quantitative estimate of drug-likeness (QED) is 0.340. The van der Waals surface area contributed by atoms with E-state index >= 15 is 0 Å². The summed E-state index contributed by atoms with van der Waals surface area (Å²) >= 11 is 8.41. The molecular weight excluding hydrogens is 531 g/mol. The zero-order valence-corrected chi connectivity index (χ0v) is 21.3. The van der Waals surface area contributed by atoms with Gasteiger partial charge in [-0.15, -0.1) is 35.3 Å². The number of halogens is 2. The molecule has 0 aliphatic carbocycles. The van der Waals surface area contributed by atoms with Crippen molar-refractivity contribution >= 4 is 57.9 Å². The molecule has 2 saturated heterocycles. The molecule has 2 aliphatic heterocycles. The van der Waals surface area contributed by atoms with Gasteiger partial charge in [-0.1, -0.05) is 29.8 Å². The number of piperazine rings is 1. The lowest BCUT2D eigenvalue weighted by Gasteiger charge is -2.41. The second kappa shape index (κ2) is 11.0. The summed E-state index contributed by atoms with van der Waals surface area (Å²) in [6, 6.07) is 12.6. The monoisotopic (exact) mass is 560 g/mol. The molecule has 8 heteroatoms. The summed E-state index contributed by atoms with van der Waals surface area (Å²) in [4.78, 5) is 9.40. The molecule has 5 nitrogen and oxygen atoms in total. The van der Waals surface area contributed by atoms with Crippen LogP contribution in [0.15, 0.2) is 46.8 Å². The first-order valence-corrected chi connectivity index (χ1v) is 11.5. The molecule has 1 N–H and O–H groups in total. The normalized spacial score (nSPS) is 19.3. The second-order valence-corrected chi connectivity index (χ2v) is 9.03. The van der Waals surface area contributed by atoms with Gasteiger partial charge in [0.2, 0.25) is 0 Å². The number of hydrogen-bond acceptors (Lipinski definition) is 4. The molecule has 2 aromatic rings. The molecule has 30 heavy (non-hydrogen) atoms. The minimum Gasteiger partial charge on any atom is -0.381 e. The van der Waals surface area contributed by atoms with Crippen LogP contribution in [-0.4, -0.2) is 63.8 Å². The van der Waals surface area contributed by atoms with E-state index in [4.69, 9.17) is 16.3 Å². The highest BCUT2D eigenvalue weighted by Crippen LogP contribution is 2.38. The zero-order valence-electron chi connectivity index (χ0n) is 17.3. The van der Waals surface area contributed by atoms with Crippen LogP contribution in [0.25, 0.3) is 0 Å². The number of aliphatic imine (C=N–C) groups is 1. The molecular formula is C22H30ClIN4OS. The van der Waals surface area contributed by atoms with Crippen molar-refractivity contribution in [3.63, 3.8) is 0 Å². The first-order valence-electron chi connectivity index (χ1n) is 10.3. The molecule has 0 atom stereocenters. The Labute approximate surface area is 205 Å². The van der Waals surface area contributed by atoms with Crippen molar-refractivity contribution in [3.05, 3.63) is 52.4 Å². The molecule has 0 bridgehead atoms. The standard InChI is InChI=1S/C22H29ClN4OS.HI/c1-24-21(27-12-10-26(11-13-27)20-7-4-16-29-20)25-17-22(8-14-28-15-9-22)18-5-2-3-6-19(18)23;/h2-7,16H,8-15,17H2,1H3,(H,24,25);1H. The van der Waals surface area contributed by atoms with E-state index in [-0.39, 0.29) is 29.4 Å². The Morgan fingerprint density at radius 3 is 2.50 bits per heavy atom. The van der Waals surface area contributed by atoms with Gasteiger partial charge in [-0.2, -0.15) is 0 Å². The number of thiophene rings is 1. The van der Waals surface area contributed by atoms with E-state index in [1.807, 2.05) is 30.5 Å². The molecule has 2 fully saturated rings. The summed E-state index contributed by atoms with van der Waals surface area (Å²) in [6.07, 6.45) is 1.93. The largest absolute Gasteiger partial charge is 0.381 e. The van der Waals surface area contributed by atoms with Gasteiger partial charge in [0.15, 0.2) is 5.96 Å². The van der Waals surface area contributed by atoms with Crippen LogP contribution in [0.4, 0.5) is 5.00 Å². The van der Waals surface area contributed by atoms with E-state index in [1.54, 1.807) is 0 Å². The van der Waals surface area contributed by atoms with Gasteiger partial charge in [-0.05, 0) is 42.0 Å². The van der Waals surface area contributed by atoms with Crippen LogP contribution in [0.5, 0.6) is 0 Å². The third-order valence-electron chi connectivity index (χ3n) is 6.09. The molecule has 0 amide bonds. The number of anilines is 1. The maximum atomic E-state index is 6.60. The zero-order chi connectivity index (χ0) is 20.1. The predicted molar refractivity (Wildman–Crippen MR) is 138 cm³/mol. The maximum Gasteiger partial charge on any atom is 0.193 e. The maximum absolute atomic E-state index is 6.60. The SMILES string of the molecule is CN=C(NCC1(c2ccccc2Cl)CCOCC1)N1CCN(c2cccs2)CC1.I. The Kier molecular flexibility index (Phi) is 8.68. The van der Waals surface area contributed by atoms with Crippen LogP contribution in [0.3, 0.4) is 0 Å². The van der Waals surface area contributed by atoms with Crippen molar-refractivity contribution in [2.24, 2.45) is 4.99 Å². The van der Waals surface area contributed by atoms with Crippen molar-refractivity contribution < 1.29 is 4.74 Å². The van der Waals surface area contributed by atoms with Crippen LogP contribution >= 0.6 is 46.9 Å². The van der Waals surface area contributed by atoms with E-state index in [2.05, 4.69) is 49.8 Å². The van der Waals surface area contributed by atoms with Crippen LogP contribution in [-0.2, 0) is 10.2 Å². The summed E-state index contributed by atoms with van der Waals surface area (Å²) in [5.41, 5.74) is 1.20. The van der Waals surface area contributed by atoms with E-state index in [0.717, 1.165) is 69.8 Å². The van der Waals surface area contributed by atoms with Gasteiger partial charge in [-0.3, -0.25) is 4.99 Å². The lowest BCUT2D eigenvalue weighted by Crippen LogP contribution is -2.55. The molecule has 164 valence electrons. The van der Waals surface area contributed by atoms with E-state index in [0.29, 0.717) is 0 Å². The number of benzene rings is 1. The third kappa shape index (κ3) is 5.23. The van der Waals surface area contributed by atoms with Gasteiger partial charge in [0, 0.05) is 63.4 Å². The van der Waals surface area contributed by atoms with E-state index in [9.17, 15) is 0 Å². The first kappa shape index (κ1) is 23.6. The van der Waals surface area contributed by atoms with Crippen LogP contribution < -0.4 is 10.2 Å². The predicted octanol–water partition coefficient (Wildman–Crippen LogP) is 4.47. The van der Waals surface area contributed by atoms with Crippen molar-refractivity contribution in [2.75, 3.05) is 57.9 Å². The molecule has 1 aromatic carbocycles. The summed E-state index contributed by atoms with van der Waals surface area (Å²) in [7, 11) is 1.88. The average Bonchev–Trinajstić information content (AvgIpc) is 3.31. The molecule has 4 rings (SSSR count). The lowest BCUT2D eigenvalue weighted by molar-refractivity contribution is 0.0512. The summed E-state index contributed by atoms with van der Waals surface area (Å²) in [6.45, 7) is 6.34. The Morgan fingerprint density at radius 2 is 1.87 bits per heavy atom. The molecule has 0 radical (unpaired) electrons. The smallest absolute Gasteiger partial charge is 0.193 e. The fraction of sp³-hybridized carbons (Fsp3) is 0.500. The number of nitrogens with one attached hydrogen (secondary N) is 1. The number of hydrogen-bond donors (Lipinski definition) is 1. The summed E-state index contributed by atoms with van der Waals surface area (Å²) in [5, 5.41) is 8.01. The average molecular weight is 561 g/mol. The Hall–Kier alpha value is -1.03. The van der Waals surface area contributed by atoms with Gasteiger partial charge in [0.25, 0.3) is 0 Å². The number of rotatable bonds is 4. The van der Waals surface area contributed by atoms with Crippen molar-refractivity contribution in [1.82, 2.24) is 10.2 Å².